The van der Waals surface area contributed by atoms with Gasteiger partial charge in [0, 0.05) is 36.4 Å². The number of carbonyl (C=O) groups is 18. The van der Waals surface area contributed by atoms with Crippen molar-refractivity contribution in [3.05, 3.63) is 36.0 Å². The Morgan fingerprint density at radius 3 is 1.33 bits per heavy atom. The first-order valence-electron chi connectivity index (χ1n) is 33.5. The third-order valence-electron chi connectivity index (χ3n) is 16.2. The maximum atomic E-state index is 14.4. The third kappa shape index (κ3) is 31.1. The van der Waals surface area contributed by atoms with Crippen LogP contribution >= 0.6 is 0 Å². The number of nitrogens with two attached hydrogens (primary N) is 1. The highest BCUT2D eigenvalue weighted by molar-refractivity contribution is 6.01. The van der Waals surface area contributed by atoms with Gasteiger partial charge in [-0.2, -0.15) is 0 Å². The van der Waals surface area contributed by atoms with Crippen molar-refractivity contribution in [1.82, 2.24) is 68.8 Å². The first-order chi connectivity index (χ1) is 48.6. The van der Waals surface area contributed by atoms with Gasteiger partial charge in [0.05, 0.1) is 38.3 Å². The van der Waals surface area contributed by atoms with E-state index < -0.39 is 236 Å². The summed E-state index contributed by atoms with van der Waals surface area (Å²) in [6.45, 7) is 11.6. The Morgan fingerprint density at radius 1 is 0.452 bits per heavy atom. The molecule has 40 heteroatoms. The number of amides is 13. The van der Waals surface area contributed by atoms with Gasteiger partial charge in [-0.1, -0.05) is 52.3 Å². The van der Waals surface area contributed by atoms with Crippen LogP contribution in [0.15, 0.2) is 30.5 Å². The van der Waals surface area contributed by atoms with Crippen molar-refractivity contribution in [2.24, 2.45) is 17.6 Å². The van der Waals surface area contributed by atoms with Crippen LogP contribution in [0, 0.1) is 11.8 Å². The smallest absolute Gasteiger partial charge is 0.328 e. The lowest BCUT2D eigenvalue weighted by atomic mass is 9.96. The van der Waals surface area contributed by atoms with Gasteiger partial charge >= 0.3 is 29.8 Å². The number of aromatic nitrogens is 1. The minimum atomic E-state index is -2.20. The Kier molecular flexibility index (Phi) is 37.6. The molecule has 0 fully saturated rings. The molecule has 0 bridgehead atoms. The van der Waals surface area contributed by atoms with Crippen molar-refractivity contribution in [2.75, 3.05) is 6.54 Å². The van der Waals surface area contributed by atoms with E-state index in [9.17, 15) is 112 Å². The standard InChI is InChI=1S/C64H98N16O24/c1-9-29(4)50(79-62(101)44(26-49(89)90)78-61(100)43(25-48(87)88)77-60(99)42(24-47(85)86)75-55(94)36(66)17-20-46(83)84)63(102)73-38(16-12-13-21-65)56(95)72-39(18-19-45(67)82)57(96)76-40(22-28(2)3)58(97)70-30(5)52(91)69-31(6)53(92)74-41(23-34-27-68-37-15-11-10-14-35(34)37)59(98)71-32(7)54(93)80-51(33(8)81)64(103)104/h10-11,14-15,27-33,36,38-44,50-51,68,81H,9,12-13,16-26,65-66H2,1-8H3,(H2,67,82)(H,69,91)(H,70,97)(H,71,98)(H,72,95)(H,73,102)(H,74,92)(H,75,94)(H,76,96)(H,77,99)(H,78,100)(H,79,101)(H,80,93)(H,83,84)(H,85,86)(H,87,88)(H,89,90)(H,103,104)/p+2/t29-,30-,31-,32-,33+,36-,38-,39-,40-,41-,42-,43-,44-,50-,51-/m0/s1. The Bertz CT molecular complexity index is 3420. The van der Waals surface area contributed by atoms with E-state index in [4.69, 9.17) is 10.8 Å². The molecule has 578 valence electrons. The lowest BCUT2D eigenvalue weighted by molar-refractivity contribution is -0.405. The fraction of sp³-hybridized carbons (Fsp3) is 0.594. The number of para-hydroxylation sites is 1. The van der Waals surface area contributed by atoms with Crippen LogP contribution in [0.25, 0.3) is 10.9 Å². The molecule has 0 aliphatic rings. The van der Waals surface area contributed by atoms with E-state index in [0.717, 1.165) is 6.92 Å². The van der Waals surface area contributed by atoms with Crippen LogP contribution in [0.1, 0.15) is 138 Å². The number of aliphatic hydroxyl groups excluding tert-OH is 1. The number of hydrogen-bond acceptors (Lipinski definition) is 19. The van der Waals surface area contributed by atoms with Crippen molar-refractivity contribution < 1.29 is 128 Å². The highest BCUT2D eigenvalue weighted by Gasteiger charge is 2.39. The van der Waals surface area contributed by atoms with Crippen LogP contribution in [0.3, 0.4) is 0 Å². The van der Waals surface area contributed by atoms with Gasteiger partial charge in [0.2, 0.25) is 70.9 Å². The second-order valence-corrected chi connectivity index (χ2v) is 25.5. The number of hydrogen-bond donors (Lipinski definition) is 22. The van der Waals surface area contributed by atoms with Crippen molar-refractivity contribution in [1.29, 1.82) is 0 Å². The fourth-order valence-electron chi connectivity index (χ4n) is 10.1. The van der Waals surface area contributed by atoms with E-state index in [1.807, 2.05) is 16.0 Å². The molecule has 2 rings (SSSR count). The van der Waals surface area contributed by atoms with Gasteiger partial charge in [-0.15, -0.1) is 0 Å². The Balaban J connectivity index is 2.41. The third-order valence-corrected chi connectivity index (χ3v) is 16.2. The maximum absolute atomic E-state index is 14.4. The number of aromatic amines is 1. The second-order valence-electron chi connectivity index (χ2n) is 25.5. The summed E-state index contributed by atoms with van der Waals surface area (Å²) in [4.78, 5) is 239. The van der Waals surface area contributed by atoms with Gasteiger partial charge in [0.15, 0.2) is 12.1 Å². The molecule has 0 aliphatic carbocycles. The number of benzene rings is 1. The maximum Gasteiger partial charge on any atom is 0.328 e. The van der Waals surface area contributed by atoms with Crippen LogP contribution in [-0.4, -0.2) is 233 Å². The van der Waals surface area contributed by atoms with Crippen LogP contribution in [0.4, 0.5) is 0 Å². The van der Waals surface area contributed by atoms with Gasteiger partial charge in [-0.25, -0.2) is 4.79 Å². The van der Waals surface area contributed by atoms with Gasteiger partial charge in [0.1, 0.15) is 66.5 Å². The molecule has 1 aromatic carbocycles. The summed E-state index contributed by atoms with van der Waals surface area (Å²) in [5, 5.41) is 86.0. The molecule has 27 N–H and O–H groups in total. The van der Waals surface area contributed by atoms with Crippen LogP contribution in [-0.2, 0) is 92.7 Å². The summed E-state index contributed by atoms with van der Waals surface area (Å²) in [6, 6.07) is -14.5. The number of aliphatic carboxylic acids is 5. The zero-order valence-corrected chi connectivity index (χ0v) is 59.0. The average molecular weight is 1480 g/mol. The number of H-pyrrole nitrogens is 1. The van der Waals surface area contributed by atoms with E-state index in [0.29, 0.717) is 29.4 Å². The molecule has 15 atom stereocenters. The van der Waals surface area contributed by atoms with E-state index >= 15 is 0 Å². The number of unbranched alkanes of at least 4 members (excludes halogenated alkanes) is 1. The van der Waals surface area contributed by atoms with E-state index in [1.54, 1.807) is 51.2 Å². The molecule has 1 aromatic heterocycles. The molecule has 0 aliphatic heterocycles. The number of primary amides is 1. The summed E-state index contributed by atoms with van der Waals surface area (Å²) in [7, 11) is 0. The number of aliphatic hydroxyl groups is 1. The molecule has 104 heavy (non-hydrogen) atoms. The average Bonchev–Trinajstić information content (AvgIpc) is 1.69. The first-order valence-corrected chi connectivity index (χ1v) is 33.5. The van der Waals surface area contributed by atoms with Crippen molar-refractivity contribution >= 4 is 118 Å². The summed E-state index contributed by atoms with van der Waals surface area (Å²) in [6.07, 6.45) is -5.21. The molecule has 2 aromatic rings. The Labute approximate surface area is 596 Å². The number of quaternary nitrogens is 2. The summed E-state index contributed by atoms with van der Waals surface area (Å²) < 4.78 is 0. The molecular formula is C64H100N16O24+2. The lowest BCUT2D eigenvalue weighted by Crippen LogP contribution is -2.69. The van der Waals surface area contributed by atoms with Gasteiger partial charge in [-0.05, 0) is 83.3 Å². The number of carboxylic acid groups (broad SMARTS) is 5. The minimum absolute atomic E-state index is 0.0987. The number of carbonyl (C=O) groups excluding carboxylic acids is 13. The topological polar surface area (TPSA) is 670 Å². The second kappa shape index (κ2) is 43.8. The Hall–Kier alpha value is -10.9. The van der Waals surface area contributed by atoms with Crippen LogP contribution < -0.4 is 81.0 Å². The van der Waals surface area contributed by atoms with Gasteiger partial charge < -0.3 is 117 Å². The van der Waals surface area contributed by atoms with E-state index in [1.165, 1.54) is 27.7 Å². The molecule has 0 spiro atoms. The molecule has 40 nitrogen and oxygen atoms in total. The predicted octanol–water partition coefficient (Wildman–Crippen LogP) is -7.28. The van der Waals surface area contributed by atoms with Crippen LogP contribution in [0.5, 0.6) is 0 Å². The molecule has 0 saturated carbocycles. The summed E-state index contributed by atoms with van der Waals surface area (Å²) in [5.74, 6) is -23.4. The molecule has 1 heterocycles. The predicted molar refractivity (Wildman–Crippen MR) is 361 cm³/mol. The highest BCUT2D eigenvalue weighted by Crippen LogP contribution is 2.20. The van der Waals surface area contributed by atoms with Gasteiger partial charge in [0.25, 0.3) is 5.91 Å². The van der Waals surface area contributed by atoms with Crippen molar-refractivity contribution in [2.45, 2.75) is 224 Å². The number of fused-ring (bicyclic) bond motifs is 1. The number of rotatable bonds is 48. The highest BCUT2D eigenvalue weighted by atomic mass is 16.4. The fourth-order valence-corrected chi connectivity index (χ4v) is 10.1. The van der Waals surface area contributed by atoms with E-state index in [-0.39, 0.29) is 44.4 Å². The monoisotopic (exact) mass is 1480 g/mol. The summed E-state index contributed by atoms with van der Waals surface area (Å²) >= 11 is 0. The number of nitrogens with one attached hydrogen (secondary N) is 13. The van der Waals surface area contributed by atoms with E-state index in [2.05, 4.69) is 64.3 Å². The largest absolute Gasteiger partial charge is 0.481 e. The zero-order valence-electron chi connectivity index (χ0n) is 59.0. The molecule has 0 unspecified atom stereocenters. The molecule has 13 amide bonds. The zero-order chi connectivity index (χ0) is 79.0. The summed E-state index contributed by atoms with van der Waals surface area (Å²) in [5.41, 5.74) is 14.0. The Morgan fingerprint density at radius 2 is 0.856 bits per heavy atom. The van der Waals surface area contributed by atoms with Crippen molar-refractivity contribution in [3.63, 3.8) is 0 Å². The molecule has 0 radical (unpaired) electrons. The minimum Gasteiger partial charge on any atom is -0.481 e. The van der Waals surface area contributed by atoms with Gasteiger partial charge in [-0.3, -0.25) is 81.5 Å². The normalized spacial score (nSPS) is 15.5. The van der Waals surface area contributed by atoms with Crippen molar-refractivity contribution in [3.8, 4) is 0 Å². The quantitative estimate of drug-likeness (QED) is 0.0274. The lowest BCUT2D eigenvalue weighted by Gasteiger charge is -2.29. The first kappa shape index (κ1) is 89.2. The van der Waals surface area contributed by atoms with Crippen LogP contribution in [0.2, 0.25) is 0 Å². The molecule has 0 saturated heterocycles. The molecular weight excluding hydrogens is 1380 g/mol. The SMILES string of the molecule is CC[C@H](C)[C@H](NC(=O)[C@H](CC(=O)O)NC(=O)[C@H](CC(=O)O)NC(=O)[C@H](CC(=O)O)NC(=O)[C@@H]([NH3+])CCC(=O)O)C(=O)N[C@@H](CCCC[NH3+])C(=O)N[C@@H](CCC(N)=O)C(=O)N[C@@H](CC(C)C)C(=O)N[C@@H](C)C(=O)N[C@@H](C)C(=O)N[C@@H](Cc1c[nH]c2ccccc12)C(=O)N[C@@H](C)C(=O)N[C@H](C(=O)O)[C@@H](C)O. The number of carboxylic acids is 5.